The Balaban J connectivity index is 1.88. The molecule has 6 heteroatoms. The molecule has 0 spiro atoms. The Morgan fingerprint density at radius 2 is 2.14 bits per heavy atom. The van der Waals surface area contributed by atoms with Gasteiger partial charge in [-0.3, -0.25) is 4.79 Å². The number of nitrogens with zero attached hydrogens (tertiary/aromatic N) is 4. The van der Waals surface area contributed by atoms with Crippen LogP contribution in [-0.2, 0) is 11.3 Å². The van der Waals surface area contributed by atoms with Crippen molar-refractivity contribution in [2.45, 2.75) is 51.3 Å². The van der Waals surface area contributed by atoms with Crippen LogP contribution in [0.3, 0.4) is 0 Å². The van der Waals surface area contributed by atoms with Crippen LogP contribution in [0, 0.1) is 0 Å². The highest BCUT2D eigenvalue weighted by molar-refractivity contribution is 5.76. The fourth-order valence-electron chi connectivity index (χ4n) is 3.07. The summed E-state index contributed by atoms with van der Waals surface area (Å²) in [6, 6.07) is 0.553. The smallest absolute Gasteiger partial charge is 0.225 e. The van der Waals surface area contributed by atoms with Crippen molar-refractivity contribution < 1.29 is 9.90 Å². The first-order valence-corrected chi connectivity index (χ1v) is 8.16. The Morgan fingerprint density at radius 3 is 2.73 bits per heavy atom. The molecule has 0 bridgehead atoms. The van der Waals surface area contributed by atoms with E-state index in [-0.39, 0.29) is 12.3 Å². The number of aliphatic hydroxyl groups is 1. The Morgan fingerprint density at radius 1 is 1.45 bits per heavy atom. The number of aromatic nitrogens is 2. The van der Waals surface area contributed by atoms with E-state index in [1.54, 1.807) is 6.20 Å². The van der Waals surface area contributed by atoms with E-state index in [1.165, 1.54) is 0 Å². The lowest BCUT2D eigenvalue weighted by atomic mass is 10.0. The molecule has 1 N–H and O–H groups in total. The molecule has 1 aliphatic rings. The highest BCUT2D eigenvalue weighted by atomic mass is 16.3. The van der Waals surface area contributed by atoms with Gasteiger partial charge in [-0.15, -0.1) is 0 Å². The average molecular weight is 308 g/mol. The van der Waals surface area contributed by atoms with Gasteiger partial charge in [0, 0.05) is 38.1 Å². The number of carbonyl (C=O) groups excluding carboxylic acids is 1. The second-order valence-electron chi connectivity index (χ2n) is 6.27. The summed E-state index contributed by atoms with van der Waals surface area (Å²) in [4.78, 5) is 20.7. The predicted octanol–water partition coefficient (Wildman–Crippen LogP) is 1.27. The van der Waals surface area contributed by atoms with Crippen molar-refractivity contribution in [2.24, 2.45) is 0 Å². The molecule has 0 aliphatic carbocycles. The van der Waals surface area contributed by atoms with Gasteiger partial charge in [-0.25, -0.2) is 4.98 Å². The number of likely N-dealkylation sites (tertiary alicyclic amines) is 1. The molecule has 0 unspecified atom stereocenters. The molecule has 0 radical (unpaired) electrons. The normalized spacial score (nSPS) is 18.0. The maximum Gasteiger partial charge on any atom is 0.225 e. The predicted molar refractivity (Wildman–Crippen MR) is 85.4 cm³/mol. The first kappa shape index (κ1) is 17.0. The first-order chi connectivity index (χ1) is 10.5. The number of hydrogen-bond acceptors (Lipinski definition) is 4. The monoisotopic (exact) mass is 308 g/mol. The summed E-state index contributed by atoms with van der Waals surface area (Å²) < 4.78 is 1.93. The van der Waals surface area contributed by atoms with Crippen molar-refractivity contribution in [1.29, 1.82) is 0 Å². The van der Waals surface area contributed by atoms with Crippen LogP contribution in [0.1, 0.15) is 44.5 Å². The minimum Gasteiger partial charge on any atom is -0.385 e. The minimum absolute atomic E-state index is 0.0238. The largest absolute Gasteiger partial charge is 0.385 e. The Kier molecular flexibility index (Phi) is 5.97. The molecule has 2 rings (SSSR count). The van der Waals surface area contributed by atoms with Crippen molar-refractivity contribution in [3.8, 4) is 0 Å². The molecule has 124 valence electrons. The van der Waals surface area contributed by atoms with Gasteiger partial charge in [0.25, 0.3) is 0 Å². The lowest BCUT2D eigenvalue weighted by Crippen LogP contribution is -2.44. The maximum absolute atomic E-state index is 12.4. The van der Waals surface area contributed by atoms with Crippen molar-refractivity contribution in [3.63, 3.8) is 0 Å². The fourth-order valence-corrected chi connectivity index (χ4v) is 3.07. The Hall–Kier alpha value is -1.40. The highest BCUT2D eigenvalue weighted by Crippen LogP contribution is 2.20. The quantitative estimate of drug-likeness (QED) is 0.860. The number of aryl methyl sites for hydroxylation is 1. The number of rotatable bonds is 6. The van der Waals surface area contributed by atoms with Gasteiger partial charge in [-0.1, -0.05) is 6.92 Å². The van der Waals surface area contributed by atoms with Crippen LogP contribution in [0.4, 0.5) is 0 Å². The average Bonchev–Trinajstić information content (AvgIpc) is 2.96. The zero-order valence-electron chi connectivity index (χ0n) is 13.9. The van der Waals surface area contributed by atoms with Gasteiger partial charge in [-0.2, -0.15) is 0 Å². The summed E-state index contributed by atoms with van der Waals surface area (Å²) in [6.07, 6.45) is 5.81. The van der Waals surface area contributed by atoms with Gasteiger partial charge < -0.3 is 19.5 Å². The molecule has 1 fully saturated rings. The van der Waals surface area contributed by atoms with Gasteiger partial charge in [0.2, 0.25) is 5.91 Å². The maximum atomic E-state index is 12.4. The van der Waals surface area contributed by atoms with E-state index in [0.717, 1.165) is 38.9 Å². The molecule has 2 heterocycles. The lowest BCUT2D eigenvalue weighted by Gasteiger charge is -2.35. The molecular weight excluding hydrogens is 280 g/mol. The lowest BCUT2D eigenvalue weighted by molar-refractivity contribution is -0.135. The van der Waals surface area contributed by atoms with E-state index in [1.807, 2.05) is 15.7 Å². The Bertz CT molecular complexity index is 478. The van der Waals surface area contributed by atoms with Crippen LogP contribution < -0.4 is 0 Å². The van der Waals surface area contributed by atoms with Crippen molar-refractivity contribution in [1.82, 2.24) is 19.4 Å². The van der Waals surface area contributed by atoms with E-state index >= 15 is 0 Å². The van der Waals surface area contributed by atoms with Crippen molar-refractivity contribution in [2.75, 3.05) is 27.2 Å². The van der Waals surface area contributed by atoms with Crippen LogP contribution in [0.2, 0.25) is 0 Å². The first-order valence-electron chi connectivity index (χ1n) is 8.16. The second-order valence-corrected chi connectivity index (χ2v) is 6.27. The molecular formula is C16H28N4O2. The number of hydrogen-bond donors (Lipinski definition) is 1. The molecule has 1 aromatic rings. The van der Waals surface area contributed by atoms with E-state index in [9.17, 15) is 9.90 Å². The molecule has 0 aromatic carbocycles. The second kappa shape index (κ2) is 7.74. The topological polar surface area (TPSA) is 61.6 Å². The zero-order valence-corrected chi connectivity index (χ0v) is 13.9. The van der Waals surface area contributed by atoms with E-state index in [0.29, 0.717) is 11.9 Å². The molecule has 1 amide bonds. The number of carbonyl (C=O) groups is 1. The van der Waals surface area contributed by atoms with E-state index in [4.69, 9.17) is 0 Å². The van der Waals surface area contributed by atoms with Gasteiger partial charge >= 0.3 is 0 Å². The Labute approximate surface area is 132 Å². The van der Waals surface area contributed by atoms with Crippen LogP contribution in [-0.4, -0.2) is 63.6 Å². The molecule has 22 heavy (non-hydrogen) atoms. The highest BCUT2D eigenvalue weighted by Gasteiger charge is 2.26. The summed E-state index contributed by atoms with van der Waals surface area (Å²) in [5, 5.41) is 10.3. The summed E-state index contributed by atoms with van der Waals surface area (Å²) in [5.41, 5.74) is 0. The van der Waals surface area contributed by atoms with Gasteiger partial charge in [0.05, 0.1) is 6.42 Å². The standard InChI is InChI=1S/C16H28N4O2/c1-4-8-20-11-7-17-16(20)14(21)12-15(22)19-9-5-13(6-10-19)18(2)3/h7,11,13-14,21H,4-6,8-10,12H2,1-3H3/t14-/m0/s1. The summed E-state index contributed by atoms with van der Waals surface area (Å²) in [6.45, 7) is 4.45. The summed E-state index contributed by atoms with van der Waals surface area (Å²) in [5.74, 6) is 0.620. The third-order valence-electron chi connectivity index (χ3n) is 4.43. The number of amides is 1. The fraction of sp³-hybridized carbons (Fsp3) is 0.750. The number of piperidine rings is 1. The van der Waals surface area contributed by atoms with Crippen LogP contribution >= 0.6 is 0 Å². The van der Waals surface area contributed by atoms with E-state index < -0.39 is 6.10 Å². The van der Waals surface area contributed by atoms with Crippen molar-refractivity contribution in [3.05, 3.63) is 18.2 Å². The molecule has 0 saturated carbocycles. The number of imidazole rings is 1. The van der Waals surface area contributed by atoms with Crippen LogP contribution in [0.25, 0.3) is 0 Å². The van der Waals surface area contributed by atoms with Gasteiger partial charge in [-0.05, 0) is 33.4 Å². The zero-order chi connectivity index (χ0) is 16.1. The summed E-state index contributed by atoms with van der Waals surface area (Å²) >= 11 is 0. The third kappa shape index (κ3) is 4.08. The van der Waals surface area contributed by atoms with Crippen LogP contribution in [0.15, 0.2) is 12.4 Å². The molecule has 6 nitrogen and oxygen atoms in total. The summed E-state index contributed by atoms with van der Waals surface area (Å²) in [7, 11) is 4.17. The van der Waals surface area contributed by atoms with E-state index in [2.05, 4.69) is 30.9 Å². The SMILES string of the molecule is CCCn1ccnc1[C@@H](O)CC(=O)N1CCC(N(C)C)CC1. The third-order valence-corrected chi connectivity index (χ3v) is 4.43. The van der Waals surface area contributed by atoms with Crippen LogP contribution in [0.5, 0.6) is 0 Å². The van der Waals surface area contributed by atoms with Gasteiger partial charge in [0.1, 0.15) is 11.9 Å². The molecule has 1 aromatic heterocycles. The minimum atomic E-state index is -0.819. The molecule has 1 aliphatic heterocycles. The molecule has 1 saturated heterocycles. The van der Waals surface area contributed by atoms with Gasteiger partial charge in [0.15, 0.2) is 0 Å². The molecule has 1 atom stereocenters. The number of aliphatic hydroxyl groups excluding tert-OH is 1. The van der Waals surface area contributed by atoms with Crippen molar-refractivity contribution >= 4 is 5.91 Å².